The number of nitrogens with one attached hydrogen (secondary N) is 1. The Kier molecular flexibility index (Phi) is 6.02. The van der Waals surface area contributed by atoms with Crippen LogP contribution in [0, 0.1) is 0 Å². The third kappa shape index (κ3) is 3.81. The molecule has 20 heavy (non-hydrogen) atoms. The predicted octanol–water partition coefficient (Wildman–Crippen LogP) is 2.61. The third-order valence-corrected chi connectivity index (χ3v) is 4.22. The van der Waals surface area contributed by atoms with E-state index in [0.717, 1.165) is 38.0 Å². The molecule has 0 radical (unpaired) electrons. The zero-order valence-electron chi connectivity index (χ0n) is 12.7. The number of aliphatic hydroxyl groups excluding tert-OH is 1. The number of benzene rings is 1. The Hall–Kier alpha value is -0.900. The van der Waals surface area contributed by atoms with Gasteiger partial charge < -0.3 is 15.2 Å². The van der Waals surface area contributed by atoms with Gasteiger partial charge in [-0.05, 0) is 55.3 Å². The summed E-state index contributed by atoms with van der Waals surface area (Å²) in [5, 5.41) is 14.0. The van der Waals surface area contributed by atoms with Crippen LogP contribution in [-0.2, 0) is 17.6 Å². The van der Waals surface area contributed by atoms with Gasteiger partial charge in [-0.15, -0.1) is 0 Å². The summed E-state index contributed by atoms with van der Waals surface area (Å²) in [7, 11) is 1.72. The van der Waals surface area contributed by atoms with Gasteiger partial charge in [0, 0.05) is 19.8 Å². The first-order valence-electron chi connectivity index (χ1n) is 7.78. The number of fused-ring (bicyclic) bond motifs is 1. The molecule has 1 aliphatic carbocycles. The van der Waals surface area contributed by atoms with Crippen molar-refractivity contribution < 1.29 is 9.84 Å². The first-order valence-corrected chi connectivity index (χ1v) is 7.78. The van der Waals surface area contributed by atoms with Crippen molar-refractivity contribution >= 4 is 0 Å². The van der Waals surface area contributed by atoms with Crippen molar-refractivity contribution in [3.8, 4) is 0 Å². The van der Waals surface area contributed by atoms with Gasteiger partial charge in [0.2, 0.25) is 0 Å². The summed E-state index contributed by atoms with van der Waals surface area (Å²) in [6, 6.07) is 6.60. The highest BCUT2D eigenvalue weighted by Crippen LogP contribution is 2.27. The summed E-state index contributed by atoms with van der Waals surface area (Å²) in [5.41, 5.74) is 3.94. The van der Waals surface area contributed by atoms with E-state index in [-0.39, 0.29) is 6.04 Å². The monoisotopic (exact) mass is 277 g/mol. The highest BCUT2D eigenvalue weighted by molar-refractivity contribution is 5.36. The summed E-state index contributed by atoms with van der Waals surface area (Å²) in [4.78, 5) is 0. The molecular formula is C17H27NO2. The van der Waals surface area contributed by atoms with E-state index in [1.807, 2.05) is 0 Å². The number of rotatable bonds is 8. The van der Waals surface area contributed by atoms with Crippen LogP contribution in [0.5, 0.6) is 0 Å². The zero-order chi connectivity index (χ0) is 14.4. The number of hydrogen-bond acceptors (Lipinski definition) is 3. The molecule has 1 aromatic carbocycles. The minimum Gasteiger partial charge on any atom is -0.387 e. The average molecular weight is 277 g/mol. The predicted molar refractivity (Wildman–Crippen MR) is 82.0 cm³/mol. The lowest BCUT2D eigenvalue weighted by Gasteiger charge is -2.24. The van der Waals surface area contributed by atoms with Gasteiger partial charge in [0.25, 0.3) is 0 Å². The average Bonchev–Trinajstić information content (AvgIpc) is 2.94. The molecule has 2 rings (SSSR count). The third-order valence-electron chi connectivity index (χ3n) is 4.22. The quantitative estimate of drug-likeness (QED) is 0.718. The van der Waals surface area contributed by atoms with E-state index in [1.165, 1.54) is 24.0 Å². The fraction of sp³-hybridized carbons (Fsp3) is 0.647. The Labute approximate surface area is 122 Å². The van der Waals surface area contributed by atoms with Crippen LogP contribution in [0.15, 0.2) is 18.2 Å². The maximum atomic E-state index is 10.6. The molecule has 112 valence electrons. The molecular weight excluding hydrogens is 250 g/mol. The Bertz CT molecular complexity index is 419. The molecule has 0 heterocycles. The van der Waals surface area contributed by atoms with Crippen LogP contribution in [0.3, 0.4) is 0 Å². The number of aryl methyl sites for hydroxylation is 2. The molecule has 1 aromatic rings. The van der Waals surface area contributed by atoms with Crippen molar-refractivity contribution in [2.45, 2.75) is 51.2 Å². The Balaban J connectivity index is 1.95. The number of aliphatic hydroxyl groups is 1. The van der Waals surface area contributed by atoms with Crippen LogP contribution in [0.25, 0.3) is 0 Å². The van der Waals surface area contributed by atoms with E-state index in [9.17, 15) is 5.11 Å². The molecule has 3 nitrogen and oxygen atoms in total. The normalized spacial score (nSPS) is 16.9. The SMILES string of the molecule is CCC(NCCCOC)C(O)c1ccc2c(c1)CCC2. The second-order valence-corrected chi connectivity index (χ2v) is 5.64. The van der Waals surface area contributed by atoms with E-state index >= 15 is 0 Å². The summed E-state index contributed by atoms with van der Waals surface area (Å²) >= 11 is 0. The van der Waals surface area contributed by atoms with Gasteiger partial charge in [-0.25, -0.2) is 0 Å². The molecule has 0 aromatic heterocycles. The van der Waals surface area contributed by atoms with E-state index in [4.69, 9.17) is 4.74 Å². The lowest BCUT2D eigenvalue weighted by Crippen LogP contribution is -2.35. The van der Waals surface area contributed by atoms with Crippen molar-refractivity contribution in [3.63, 3.8) is 0 Å². The van der Waals surface area contributed by atoms with Crippen LogP contribution >= 0.6 is 0 Å². The second-order valence-electron chi connectivity index (χ2n) is 5.64. The van der Waals surface area contributed by atoms with Crippen LogP contribution in [0.2, 0.25) is 0 Å². The van der Waals surface area contributed by atoms with Crippen LogP contribution < -0.4 is 5.32 Å². The van der Waals surface area contributed by atoms with Gasteiger partial charge in [0.15, 0.2) is 0 Å². The van der Waals surface area contributed by atoms with Gasteiger partial charge >= 0.3 is 0 Å². The summed E-state index contributed by atoms with van der Waals surface area (Å²) in [6.45, 7) is 3.76. The van der Waals surface area contributed by atoms with Gasteiger partial charge in [-0.1, -0.05) is 25.1 Å². The topological polar surface area (TPSA) is 41.5 Å². The van der Waals surface area contributed by atoms with Crippen molar-refractivity contribution in [3.05, 3.63) is 34.9 Å². The fourth-order valence-electron chi connectivity index (χ4n) is 2.99. The minimum absolute atomic E-state index is 0.117. The van der Waals surface area contributed by atoms with E-state index in [2.05, 4.69) is 30.4 Å². The van der Waals surface area contributed by atoms with Crippen molar-refractivity contribution in [2.75, 3.05) is 20.3 Å². The maximum absolute atomic E-state index is 10.6. The highest BCUT2D eigenvalue weighted by atomic mass is 16.5. The van der Waals surface area contributed by atoms with E-state index < -0.39 is 6.10 Å². The molecule has 0 saturated carbocycles. The molecule has 2 unspecified atom stereocenters. The molecule has 2 atom stereocenters. The first kappa shape index (κ1) is 15.5. The Morgan fingerprint density at radius 1 is 1.30 bits per heavy atom. The van der Waals surface area contributed by atoms with Crippen molar-refractivity contribution in [1.82, 2.24) is 5.32 Å². The number of ether oxygens (including phenoxy) is 1. The summed E-state index contributed by atoms with van der Waals surface area (Å²) < 4.78 is 5.05. The first-order chi connectivity index (χ1) is 9.76. The minimum atomic E-state index is -0.423. The standard InChI is InChI=1S/C17H27NO2/c1-3-16(18-10-5-11-20-2)17(19)15-9-8-13-6-4-7-14(13)12-15/h8-9,12,16-19H,3-7,10-11H2,1-2H3. The van der Waals surface area contributed by atoms with E-state index in [0.29, 0.717) is 0 Å². The molecule has 3 heteroatoms. The number of hydrogen-bond donors (Lipinski definition) is 2. The van der Waals surface area contributed by atoms with Crippen LogP contribution in [0.1, 0.15) is 49.0 Å². The van der Waals surface area contributed by atoms with E-state index in [1.54, 1.807) is 7.11 Å². The van der Waals surface area contributed by atoms with Crippen molar-refractivity contribution in [1.29, 1.82) is 0 Å². The molecule has 1 aliphatic rings. The fourth-order valence-corrected chi connectivity index (χ4v) is 2.99. The van der Waals surface area contributed by atoms with Gasteiger partial charge in [-0.3, -0.25) is 0 Å². The molecule has 0 bridgehead atoms. The molecule has 0 spiro atoms. The molecule has 0 aliphatic heterocycles. The number of methoxy groups -OCH3 is 1. The van der Waals surface area contributed by atoms with Gasteiger partial charge in [-0.2, -0.15) is 0 Å². The lowest BCUT2D eigenvalue weighted by atomic mass is 9.97. The lowest BCUT2D eigenvalue weighted by molar-refractivity contribution is 0.123. The maximum Gasteiger partial charge on any atom is 0.0942 e. The Morgan fingerprint density at radius 2 is 2.10 bits per heavy atom. The molecule has 0 amide bonds. The molecule has 0 fully saturated rings. The highest BCUT2D eigenvalue weighted by Gasteiger charge is 2.20. The Morgan fingerprint density at radius 3 is 2.85 bits per heavy atom. The smallest absolute Gasteiger partial charge is 0.0942 e. The van der Waals surface area contributed by atoms with Crippen LogP contribution in [0.4, 0.5) is 0 Å². The molecule has 0 saturated heterocycles. The molecule has 2 N–H and O–H groups in total. The van der Waals surface area contributed by atoms with Crippen molar-refractivity contribution in [2.24, 2.45) is 0 Å². The second kappa shape index (κ2) is 7.77. The van der Waals surface area contributed by atoms with Gasteiger partial charge in [0.1, 0.15) is 0 Å². The van der Waals surface area contributed by atoms with Gasteiger partial charge in [0.05, 0.1) is 6.10 Å². The summed E-state index contributed by atoms with van der Waals surface area (Å²) in [6.07, 6.45) is 5.08. The van der Waals surface area contributed by atoms with Crippen LogP contribution in [-0.4, -0.2) is 31.4 Å². The largest absolute Gasteiger partial charge is 0.387 e. The summed E-state index contributed by atoms with van der Waals surface area (Å²) in [5.74, 6) is 0. The zero-order valence-corrected chi connectivity index (χ0v) is 12.7.